The van der Waals surface area contributed by atoms with E-state index in [4.69, 9.17) is 22.3 Å². The number of nitrogens with zero attached hydrogens (tertiary/aromatic N) is 1. The molecule has 0 aromatic heterocycles. The molecule has 142 valence electrons. The van der Waals surface area contributed by atoms with E-state index in [1.165, 1.54) is 6.92 Å². The second-order valence-electron chi connectivity index (χ2n) is 5.19. The number of nitrogens with one attached hydrogen (secondary N) is 3. The first-order valence-corrected chi connectivity index (χ1v) is 7.51. The van der Waals surface area contributed by atoms with Gasteiger partial charge in [0.25, 0.3) is 0 Å². The Labute approximate surface area is 144 Å². The molecule has 0 fully saturated rings. The smallest absolute Gasteiger partial charge is 0.322 e. The Morgan fingerprint density at radius 2 is 1.72 bits per heavy atom. The zero-order chi connectivity index (χ0) is 19.4. The van der Waals surface area contributed by atoms with E-state index < -0.39 is 48.9 Å². The normalized spacial score (nSPS) is 12.4. The number of nitrogens with two attached hydrogens (primary N) is 3. The Kier molecular flexibility index (Phi) is 10.3. The Bertz CT molecular complexity index is 517. The SMILES string of the molecule is CC(N)C(=O)NC(CCCN=C(N)N)C(=O)NCC(=O)NCC(=O)O. The van der Waals surface area contributed by atoms with E-state index >= 15 is 0 Å². The molecule has 0 spiro atoms. The van der Waals surface area contributed by atoms with Crippen molar-refractivity contribution in [3.05, 3.63) is 0 Å². The lowest BCUT2D eigenvalue weighted by Gasteiger charge is -2.19. The topological polar surface area (TPSA) is 215 Å². The molecule has 0 bridgehead atoms. The third-order valence-electron chi connectivity index (χ3n) is 2.85. The second-order valence-corrected chi connectivity index (χ2v) is 5.19. The Morgan fingerprint density at radius 3 is 2.24 bits per heavy atom. The van der Waals surface area contributed by atoms with E-state index in [0.717, 1.165) is 0 Å². The third-order valence-corrected chi connectivity index (χ3v) is 2.85. The molecule has 2 atom stereocenters. The van der Waals surface area contributed by atoms with Crippen molar-refractivity contribution in [1.29, 1.82) is 0 Å². The summed E-state index contributed by atoms with van der Waals surface area (Å²) < 4.78 is 0. The van der Waals surface area contributed by atoms with Gasteiger partial charge in [0, 0.05) is 6.54 Å². The quantitative estimate of drug-likeness (QED) is 0.110. The highest BCUT2D eigenvalue weighted by Crippen LogP contribution is 1.99. The highest BCUT2D eigenvalue weighted by atomic mass is 16.4. The standard InChI is InChI=1S/C13H25N7O5/c1-7(14)11(24)20-8(3-2-4-17-13(15)16)12(25)19-5-9(21)18-6-10(22)23/h7-8H,2-6,14H2,1H3,(H,18,21)(H,19,25)(H,20,24)(H,22,23)(H4,15,16,17). The number of carbonyl (C=O) groups excluding carboxylic acids is 3. The lowest BCUT2D eigenvalue weighted by atomic mass is 10.1. The van der Waals surface area contributed by atoms with Gasteiger partial charge in [-0.05, 0) is 19.8 Å². The number of carboxylic acids is 1. The van der Waals surface area contributed by atoms with E-state index in [0.29, 0.717) is 6.42 Å². The van der Waals surface area contributed by atoms with Crippen LogP contribution in [0.15, 0.2) is 4.99 Å². The van der Waals surface area contributed by atoms with Gasteiger partial charge in [-0.2, -0.15) is 0 Å². The number of hydrogen-bond donors (Lipinski definition) is 7. The number of guanidine groups is 1. The fourth-order valence-corrected chi connectivity index (χ4v) is 1.60. The Hall–Kier alpha value is -2.89. The highest BCUT2D eigenvalue weighted by molar-refractivity contribution is 5.92. The van der Waals surface area contributed by atoms with Crippen LogP contribution in [0.2, 0.25) is 0 Å². The molecule has 0 aliphatic heterocycles. The third kappa shape index (κ3) is 11.3. The number of aliphatic imine (C=N–C) groups is 1. The van der Waals surface area contributed by atoms with Crippen molar-refractivity contribution in [3.8, 4) is 0 Å². The van der Waals surface area contributed by atoms with Crippen LogP contribution < -0.4 is 33.2 Å². The summed E-state index contributed by atoms with van der Waals surface area (Å²) in [5.74, 6) is -3.10. The molecule has 0 saturated carbocycles. The van der Waals surface area contributed by atoms with Crippen LogP contribution in [-0.4, -0.2) is 66.5 Å². The van der Waals surface area contributed by atoms with Crippen LogP contribution >= 0.6 is 0 Å². The summed E-state index contributed by atoms with van der Waals surface area (Å²) in [6.45, 7) is 0.741. The van der Waals surface area contributed by atoms with Crippen molar-refractivity contribution >= 4 is 29.7 Å². The predicted molar refractivity (Wildman–Crippen MR) is 89.1 cm³/mol. The van der Waals surface area contributed by atoms with Crippen molar-refractivity contribution in [2.45, 2.75) is 31.8 Å². The minimum absolute atomic E-state index is 0.0873. The zero-order valence-electron chi connectivity index (χ0n) is 13.9. The molecule has 0 aliphatic carbocycles. The fraction of sp³-hybridized carbons (Fsp3) is 0.615. The summed E-state index contributed by atoms with van der Waals surface area (Å²) in [5.41, 5.74) is 15.8. The molecular formula is C13H25N7O5. The molecule has 0 heterocycles. The fourth-order valence-electron chi connectivity index (χ4n) is 1.60. The number of hydrogen-bond acceptors (Lipinski definition) is 6. The molecule has 25 heavy (non-hydrogen) atoms. The monoisotopic (exact) mass is 359 g/mol. The molecule has 0 aliphatic rings. The van der Waals surface area contributed by atoms with Crippen molar-refractivity contribution in [3.63, 3.8) is 0 Å². The van der Waals surface area contributed by atoms with Crippen LogP contribution in [0.4, 0.5) is 0 Å². The van der Waals surface area contributed by atoms with Gasteiger partial charge in [-0.1, -0.05) is 0 Å². The van der Waals surface area contributed by atoms with E-state index in [2.05, 4.69) is 20.9 Å². The van der Waals surface area contributed by atoms with E-state index in [9.17, 15) is 19.2 Å². The maximum atomic E-state index is 12.1. The van der Waals surface area contributed by atoms with Gasteiger partial charge in [-0.15, -0.1) is 0 Å². The van der Waals surface area contributed by atoms with Crippen LogP contribution in [0, 0.1) is 0 Å². The summed E-state index contributed by atoms with van der Waals surface area (Å²) in [7, 11) is 0. The molecule has 12 heteroatoms. The minimum atomic E-state index is -1.21. The van der Waals surface area contributed by atoms with Gasteiger partial charge in [0.1, 0.15) is 12.6 Å². The summed E-state index contributed by atoms with van der Waals surface area (Å²) >= 11 is 0. The lowest BCUT2D eigenvalue weighted by molar-refractivity contribution is -0.138. The van der Waals surface area contributed by atoms with Crippen molar-refractivity contribution < 1.29 is 24.3 Å². The predicted octanol–water partition coefficient (Wildman–Crippen LogP) is -3.81. The number of amides is 3. The number of carboxylic acid groups (broad SMARTS) is 1. The van der Waals surface area contributed by atoms with E-state index in [1.54, 1.807) is 0 Å². The summed E-state index contributed by atoms with van der Waals surface area (Å²) in [6, 6.07) is -1.74. The van der Waals surface area contributed by atoms with Crippen LogP contribution in [0.25, 0.3) is 0 Å². The molecule has 3 amide bonds. The molecule has 0 aromatic carbocycles. The van der Waals surface area contributed by atoms with Gasteiger partial charge in [-0.25, -0.2) is 0 Å². The lowest BCUT2D eigenvalue weighted by Crippen LogP contribution is -2.52. The molecule has 12 nitrogen and oxygen atoms in total. The minimum Gasteiger partial charge on any atom is -0.480 e. The average molecular weight is 359 g/mol. The van der Waals surface area contributed by atoms with Crippen molar-refractivity contribution in [2.75, 3.05) is 19.6 Å². The first kappa shape index (κ1) is 22.1. The molecule has 0 saturated heterocycles. The summed E-state index contributed by atoms with van der Waals surface area (Å²) in [4.78, 5) is 49.3. The van der Waals surface area contributed by atoms with Gasteiger partial charge in [0.2, 0.25) is 17.7 Å². The molecule has 0 rings (SSSR count). The number of carbonyl (C=O) groups is 4. The molecule has 2 unspecified atom stereocenters. The maximum Gasteiger partial charge on any atom is 0.322 e. The van der Waals surface area contributed by atoms with Crippen molar-refractivity contribution in [1.82, 2.24) is 16.0 Å². The van der Waals surface area contributed by atoms with Gasteiger partial charge >= 0.3 is 5.97 Å². The Morgan fingerprint density at radius 1 is 1.08 bits per heavy atom. The van der Waals surface area contributed by atoms with Crippen LogP contribution in [-0.2, 0) is 19.2 Å². The molecular weight excluding hydrogens is 334 g/mol. The van der Waals surface area contributed by atoms with Crippen LogP contribution in [0.1, 0.15) is 19.8 Å². The average Bonchev–Trinajstić information content (AvgIpc) is 2.52. The summed E-state index contributed by atoms with van der Waals surface area (Å²) in [6.07, 6.45) is 0.623. The van der Waals surface area contributed by atoms with E-state index in [-0.39, 0.29) is 18.9 Å². The first-order valence-electron chi connectivity index (χ1n) is 7.51. The van der Waals surface area contributed by atoms with Gasteiger partial charge < -0.3 is 38.3 Å². The van der Waals surface area contributed by atoms with Gasteiger partial charge in [-0.3, -0.25) is 24.2 Å². The second kappa shape index (κ2) is 11.6. The Balaban J connectivity index is 4.57. The highest BCUT2D eigenvalue weighted by Gasteiger charge is 2.22. The molecule has 0 aromatic rings. The molecule has 10 N–H and O–H groups in total. The largest absolute Gasteiger partial charge is 0.480 e. The van der Waals surface area contributed by atoms with Crippen LogP contribution in [0.3, 0.4) is 0 Å². The van der Waals surface area contributed by atoms with Gasteiger partial charge in [0.15, 0.2) is 5.96 Å². The van der Waals surface area contributed by atoms with Gasteiger partial charge in [0.05, 0.1) is 12.6 Å². The van der Waals surface area contributed by atoms with Crippen molar-refractivity contribution in [2.24, 2.45) is 22.2 Å². The summed E-state index contributed by atoms with van der Waals surface area (Å²) in [5, 5.41) is 15.3. The first-order chi connectivity index (χ1) is 11.6. The van der Waals surface area contributed by atoms with Crippen LogP contribution in [0.5, 0.6) is 0 Å². The zero-order valence-corrected chi connectivity index (χ0v) is 13.9. The maximum absolute atomic E-state index is 12.1. The number of aliphatic carboxylic acids is 1. The molecule has 0 radical (unpaired) electrons. The number of rotatable bonds is 11. The van der Waals surface area contributed by atoms with E-state index in [1.807, 2.05) is 0 Å².